The summed E-state index contributed by atoms with van der Waals surface area (Å²) in [5, 5.41) is 7.49. The fraction of sp³-hybridized carbons (Fsp3) is 0. The molecule has 0 unspecified atom stereocenters. The molecular weight excluding hydrogens is 653 g/mol. The molecule has 0 saturated heterocycles. The van der Waals surface area contributed by atoms with E-state index >= 15 is 0 Å². The van der Waals surface area contributed by atoms with Crippen LogP contribution in [0.4, 0.5) is 0 Å². The topological polar surface area (TPSA) is 9.86 Å². The van der Waals surface area contributed by atoms with Gasteiger partial charge in [0.25, 0.3) is 0 Å². The zero-order chi connectivity index (χ0) is 35.6. The van der Waals surface area contributed by atoms with Gasteiger partial charge in [0.1, 0.15) is 0 Å². The number of hydrogen-bond acceptors (Lipinski definition) is 0. The minimum atomic E-state index is 1.15. The number of rotatable bonds is 5. The van der Waals surface area contributed by atoms with Crippen LogP contribution in [0, 0.1) is 0 Å². The van der Waals surface area contributed by atoms with E-state index in [0.717, 1.165) is 5.69 Å². The largest absolute Gasteiger partial charge is 0.309 e. The van der Waals surface area contributed by atoms with Crippen molar-refractivity contribution in [2.24, 2.45) is 0 Å². The van der Waals surface area contributed by atoms with Crippen molar-refractivity contribution in [1.82, 2.24) is 9.13 Å². The van der Waals surface area contributed by atoms with Crippen LogP contribution in [-0.2, 0) is 0 Å². The Balaban J connectivity index is 1.12. The first kappa shape index (κ1) is 30.5. The van der Waals surface area contributed by atoms with Crippen molar-refractivity contribution in [3.05, 3.63) is 206 Å². The zero-order valence-corrected chi connectivity index (χ0v) is 29.5. The molecule has 252 valence electrons. The summed E-state index contributed by atoms with van der Waals surface area (Å²) in [5.74, 6) is 0. The van der Waals surface area contributed by atoms with Crippen LogP contribution in [0.25, 0.3) is 99.1 Å². The molecule has 11 rings (SSSR count). The SMILES string of the molecule is c1ccc(-c2cc(-c3ccccc3)cc(-n3c4ccccc4c4cc(-c5ccc6c7ccccc7n(-c7cccc8ccccc78)c6c5)ccc43)c2)cc1. The second-order valence-corrected chi connectivity index (χ2v) is 14.2. The highest BCUT2D eigenvalue weighted by molar-refractivity contribution is 6.13. The molecule has 0 aliphatic rings. The summed E-state index contributed by atoms with van der Waals surface area (Å²) >= 11 is 0. The van der Waals surface area contributed by atoms with Crippen LogP contribution >= 0.6 is 0 Å². The molecule has 2 heteroatoms. The van der Waals surface area contributed by atoms with Crippen molar-refractivity contribution in [3.63, 3.8) is 0 Å². The Morgan fingerprint density at radius 2 is 0.759 bits per heavy atom. The second kappa shape index (κ2) is 12.2. The first-order valence-electron chi connectivity index (χ1n) is 18.6. The van der Waals surface area contributed by atoms with Gasteiger partial charge in [-0.1, -0.05) is 152 Å². The lowest BCUT2D eigenvalue weighted by molar-refractivity contribution is 1.18. The third-order valence-corrected chi connectivity index (χ3v) is 11.1. The molecule has 2 aromatic heterocycles. The Morgan fingerprint density at radius 3 is 1.48 bits per heavy atom. The van der Waals surface area contributed by atoms with Gasteiger partial charge in [0.15, 0.2) is 0 Å². The van der Waals surface area contributed by atoms with E-state index in [4.69, 9.17) is 0 Å². The van der Waals surface area contributed by atoms with Crippen molar-refractivity contribution in [1.29, 1.82) is 0 Å². The first-order valence-corrected chi connectivity index (χ1v) is 18.6. The van der Waals surface area contributed by atoms with Crippen molar-refractivity contribution in [2.45, 2.75) is 0 Å². The summed E-state index contributed by atoms with van der Waals surface area (Å²) in [6.45, 7) is 0. The van der Waals surface area contributed by atoms with Crippen molar-refractivity contribution in [3.8, 4) is 44.8 Å². The highest BCUT2D eigenvalue weighted by atomic mass is 15.0. The minimum absolute atomic E-state index is 1.15. The van der Waals surface area contributed by atoms with Crippen LogP contribution in [0.1, 0.15) is 0 Å². The summed E-state index contributed by atoms with van der Waals surface area (Å²) in [6, 6.07) is 75.3. The molecule has 0 aliphatic heterocycles. The lowest BCUT2D eigenvalue weighted by Crippen LogP contribution is -1.96. The molecule has 0 bridgehead atoms. The third kappa shape index (κ3) is 4.81. The van der Waals surface area contributed by atoms with Gasteiger partial charge in [0.05, 0.1) is 27.8 Å². The van der Waals surface area contributed by atoms with E-state index in [0.29, 0.717) is 0 Å². The quantitative estimate of drug-likeness (QED) is 0.171. The normalized spacial score (nSPS) is 11.7. The molecule has 0 saturated carbocycles. The lowest BCUT2D eigenvalue weighted by Gasteiger charge is -2.14. The minimum Gasteiger partial charge on any atom is -0.309 e. The van der Waals surface area contributed by atoms with E-state index in [-0.39, 0.29) is 0 Å². The van der Waals surface area contributed by atoms with E-state index in [9.17, 15) is 0 Å². The lowest BCUT2D eigenvalue weighted by atomic mass is 9.98. The number of hydrogen-bond donors (Lipinski definition) is 0. The Labute approximate surface area is 313 Å². The van der Waals surface area contributed by atoms with Crippen LogP contribution in [0.5, 0.6) is 0 Å². The highest BCUT2D eigenvalue weighted by Crippen LogP contribution is 2.40. The third-order valence-electron chi connectivity index (χ3n) is 11.1. The predicted molar refractivity (Wildman–Crippen MR) is 229 cm³/mol. The van der Waals surface area contributed by atoms with Gasteiger partial charge in [-0.05, 0) is 93.4 Å². The predicted octanol–water partition coefficient (Wildman–Crippen LogP) is 14.0. The van der Waals surface area contributed by atoms with E-state index in [1.54, 1.807) is 0 Å². The zero-order valence-electron chi connectivity index (χ0n) is 29.5. The van der Waals surface area contributed by atoms with Gasteiger partial charge in [-0.25, -0.2) is 0 Å². The van der Waals surface area contributed by atoms with Crippen LogP contribution in [0.15, 0.2) is 206 Å². The van der Waals surface area contributed by atoms with Gasteiger partial charge in [-0.2, -0.15) is 0 Å². The van der Waals surface area contributed by atoms with Gasteiger partial charge in [-0.3, -0.25) is 0 Å². The fourth-order valence-corrected chi connectivity index (χ4v) is 8.58. The summed E-state index contributed by atoms with van der Waals surface area (Å²) < 4.78 is 4.89. The Morgan fingerprint density at radius 1 is 0.241 bits per heavy atom. The van der Waals surface area contributed by atoms with Crippen LogP contribution in [0.3, 0.4) is 0 Å². The molecule has 0 radical (unpaired) electrons. The summed E-state index contributed by atoms with van der Waals surface area (Å²) in [5.41, 5.74) is 14.4. The van der Waals surface area contributed by atoms with Gasteiger partial charge in [-0.15, -0.1) is 0 Å². The summed E-state index contributed by atoms with van der Waals surface area (Å²) in [6.07, 6.45) is 0. The van der Waals surface area contributed by atoms with E-state index in [1.165, 1.54) is 93.5 Å². The molecule has 2 nitrogen and oxygen atoms in total. The maximum absolute atomic E-state index is 2.45. The average Bonchev–Trinajstić information content (AvgIpc) is 3.76. The number of fused-ring (bicyclic) bond motifs is 7. The fourth-order valence-electron chi connectivity index (χ4n) is 8.58. The molecule has 0 fully saturated rings. The molecule has 0 spiro atoms. The maximum atomic E-state index is 2.45. The highest BCUT2D eigenvalue weighted by Gasteiger charge is 2.18. The van der Waals surface area contributed by atoms with Crippen LogP contribution in [-0.4, -0.2) is 9.13 Å². The average molecular weight is 687 g/mol. The van der Waals surface area contributed by atoms with E-state index in [1.807, 2.05) is 0 Å². The van der Waals surface area contributed by atoms with Crippen LogP contribution < -0.4 is 0 Å². The molecular formula is C52H34N2. The second-order valence-electron chi connectivity index (χ2n) is 14.2. The monoisotopic (exact) mass is 686 g/mol. The summed E-state index contributed by atoms with van der Waals surface area (Å²) in [4.78, 5) is 0. The van der Waals surface area contributed by atoms with Gasteiger partial charge >= 0.3 is 0 Å². The summed E-state index contributed by atoms with van der Waals surface area (Å²) in [7, 11) is 0. The molecule has 0 amide bonds. The number of aromatic nitrogens is 2. The Hall–Kier alpha value is -7.16. The van der Waals surface area contributed by atoms with Crippen molar-refractivity contribution < 1.29 is 0 Å². The Kier molecular flexibility index (Phi) is 6.90. The number of benzene rings is 9. The number of para-hydroxylation sites is 2. The maximum Gasteiger partial charge on any atom is 0.0547 e. The van der Waals surface area contributed by atoms with Crippen molar-refractivity contribution in [2.75, 3.05) is 0 Å². The smallest absolute Gasteiger partial charge is 0.0547 e. The van der Waals surface area contributed by atoms with E-state index in [2.05, 4.69) is 215 Å². The van der Waals surface area contributed by atoms with E-state index < -0.39 is 0 Å². The first-order chi connectivity index (χ1) is 26.8. The molecule has 0 aliphatic carbocycles. The van der Waals surface area contributed by atoms with Gasteiger partial charge in [0, 0.05) is 32.6 Å². The number of nitrogens with zero attached hydrogens (tertiary/aromatic N) is 2. The van der Waals surface area contributed by atoms with Gasteiger partial charge in [0.2, 0.25) is 0 Å². The Bertz CT molecular complexity index is 3140. The molecule has 54 heavy (non-hydrogen) atoms. The molecule has 11 aromatic rings. The standard InChI is InChI=1S/C52H34N2/c1-3-14-35(15-4-1)40-30-41(36-16-5-2-6-17-36)32-42(31-40)53-49-23-11-10-22-45(49)47-33-38(27-29-51(47)53)39-26-28-46-44-21-9-12-24-50(44)54(52(46)34-39)48-25-13-19-37-18-7-8-20-43(37)48/h1-34H. The molecule has 0 atom stereocenters. The molecule has 9 aromatic carbocycles. The van der Waals surface area contributed by atoms with Crippen LogP contribution in [0.2, 0.25) is 0 Å². The van der Waals surface area contributed by atoms with Crippen molar-refractivity contribution >= 4 is 54.4 Å². The van der Waals surface area contributed by atoms with Gasteiger partial charge < -0.3 is 9.13 Å². The molecule has 2 heterocycles. The molecule has 0 N–H and O–H groups in total.